The third-order valence-corrected chi connectivity index (χ3v) is 3.72. The van der Waals surface area contributed by atoms with Gasteiger partial charge in [0.1, 0.15) is 11.5 Å². The number of phosphoric ester groups is 1. The van der Waals surface area contributed by atoms with E-state index in [1.807, 2.05) is 13.8 Å². The molecule has 19 heavy (non-hydrogen) atoms. The molecule has 1 N–H and O–H groups in total. The predicted octanol–water partition coefficient (Wildman–Crippen LogP) is 2.97. The smallest absolute Gasteiger partial charge is 0.404 e. The fraction of sp³-hybridized carbons (Fsp3) is 0.462. The Morgan fingerprint density at radius 2 is 1.95 bits per heavy atom. The van der Waals surface area contributed by atoms with Crippen LogP contribution >= 0.6 is 7.82 Å². The van der Waals surface area contributed by atoms with Crippen LogP contribution in [-0.4, -0.2) is 17.8 Å². The van der Waals surface area contributed by atoms with Gasteiger partial charge < -0.3 is 4.52 Å². The SMILES string of the molecule is CCC(=O)C(C)Cc1ccc(OP(=O)(O)OC)cc1. The minimum absolute atomic E-state index is 0.0281. The first kappa shape index (κ1) is 15.9. The number of hydrogen-bond donors (Lipinski definition) is 1. The maximum absolute atomic E-state index is 11.5. The predicted molar refractivity (Wildman–Crippen MR) is 72.1 cm³/mol. The fourth-order valence-corrected chi connectivity index (χ4v) is 2.14. The first-order valence-corrected chi connectivity index (χ1v) is 7.57. The molecule has 0 fully saturated rings. The topological polar surface area (TPSA) is 72.8 Å². The summed E-state index contributed by atoms with van der Waals surface area (Å²) in [5.74, 6) is 0.449. The Balaban J connectivity index is 2.67. The molecule has 1 aromatic carbocycles. The lowest BCUT2D eigenvalue weighted by Crippen LogP contribution is -2.12. The molecule has 0 bridgehead atoms. The third-order valence-electron chi connectivity index (χ3n) is 2.81. The van der Waals surface area contributed by atoms with E-state index < -0.39 is 7.82 Å². The molecule has 0 aliphatic carbocycles. The Bertz CT molecular complexity index is 468. The largest absolute Gasteiger partial charge is 0.527 e. The molecule has 0 aromatic heterocycles. The van der Waals surface area contributed by atoms with Crippen LogP contribution in [0.4, 0.5) is 0 Å². The van der Waals surface area contributed by atoms with Crippen LogP contribution in [0, 0.1) is 5.92 Å². The highest BCUT2D eigenvalue weighted by Gasteiger charge is 2.20. The average Bonchev–Trinajstić information content (AvgIpc) is 2.39. The van der Waals surface area contributed by atoms with Crippen molar-refractivity contribution in [2.24, 2.45) is 5.92 Å². The number of benzene rings is 1. The van der Waals surface area contributed by atoms with Crippen LogP contribution in [0.3, 0.4) is 0 Å². The summed E-state index contributed by atoms with van der Waals surface area (Å²) < 4.78 is 20.3. The summed E-state index contributed by atoms with van der Waals surface area (Å²) in [6, 6.07) is 6.70. The van der Waals surface area contributed by atoms with E-state index in [2.05, 4.69) is 4.52 Å². The second kappa shape index (κ2) is 6.85. The summed E-state index contributed by atoms with van der Waals surface area (Å²) in [6.07, 6.45) is 1.18. The Kier molecular flexibility index (Phi) is 5.73. The maximum Gasteiger partial charge on any atom is 0.527 e. The van der Waals surface area contributed by atoms with Crippen molar-refractivity contribution in [3.05, 3.63) is 29.8 Å². The minimum atomic E-state index is -4.01. The van der Waals surface area contributed by atoms with E-state index in [1.54, 1.807) is 24.3 Å². The first-order chi connectivity index (χ1) is 8.88. The number of Topliss-reactive ketones (excluding diaryl/α,β-unsaturated/α-hetero) is 1. The van der Waals surface area contributed by atoms with Gasteiger partial charge in [-0.3, -0.25) is 14.2 Å². The van der Waals surface area contributed by atoms with Crippen LogP contribution in [0.25, 0.3) is 0 Å². The van der Waals surface area contributed by atoms with Gasteiger partial charge in [-0.1, -0.05) is 26.0 Å². The molecule has 6 heteroatoms. The van der Waals surface area contributed by atoms with Gasteiger partial charge in [-0.25, -0.2) is 4.57 Å². The molecule has 0 saturated heterocycles. The highest BCUT2D eigenvalue weighted by atomic mass is 31.2. The number of phosphoric acid groups is 1. The Morgan fingerprint density at radius 3 is 2.42 bits per heavy atom. The molecule has 0 heterocycles. The molecule has 0 radical (unpaired) electrons. The standard InChI is InChI=1S/C13H19O5P/c1-4-13(14)10(2)9-11-5-7-12(8-6-11)18-19(15,16)17-3/h5-8,10H,4,9H2,1-3H3,(H,15,16). The molecule has 2 unspecified atom stereocenters. The van der Waals surface area contributed by atoms with Crippen LogP contribution in [0.1, 0.15) is 25.8 Å². The van der Waals surface area contributed by atoms with Crippen molar-refractivity contribution < 1.29 is 23.3 Å². The Morgan fingerprint density at radius 1 is 1.37 bits per heavy atom. The summed E-state index contributed by atoms with van der Waals surface area (Å²) in [5, 5.41) is 0. The zero-order valence-corrected chi connectivity index (χ0v) is 12.2. The number of ketones is 1. The Labute approximate surface area is 113 Å². The fourth-order valence-electron chi connectivity index (χ4n) is 1.67. The molecular weight excluding hydrogens is 267 g/mol. The summed E-state index contributed by atoms with van der Waals surface area (Å²) in [6.45, 7) is 3.74. The van der Waals surface area contributed by atoms with E-state index in [0.29, 0.717) is 12.8 Å². The quantitative estimate of drug-likeness (QED) is 0.780. The van der Waals surface area contributed by atoms with Crippen molar-refractivity contribution in [3.63, 3.8) is 0 Å². The number of carbonyl (C=O) groups excluding carboxylic acids is 1. The van der Waals surface area contributed by atoms with E-state index in [-0.39, 0.29) is 17.5 Å². The van der Waals surface area contributed by atoms with E-state index in [4.69, 9.17) is 9.42 Å². The van der Waals surface area contributed by atoms with Crippen LogP contribution in [-0.2, 0) is 20.3 Å². The second-order valence-corrected chi connectivity index (χ2v) is 5.80. The molecule has 0 saturated carbocycles. The van der Waals surface area contributed by atoms with E-state index in [9.17, 15) is 9.36 Å². The van der Waals surface area contributed by atoms with Gasteiger partial charge in [0, 0.05) is 19.4 Å². The number of carbonyl (C=O) groups is 1. The van der Waals surface area contributed by atoms with Crippen molar-refractivity contribution in [2.75, 3.05) is 7.11 Å². The molecule has 106 valence electrons. The van der Waals surface area contributed by atoms with Gasteiger partial charge >= 0.3 is 7.82 Å². The molecule has 1 aromatic rings. The lowest BCUT2D eigenvalue weighted by Gasteiger charge is -2.12. The lowest BCUT2D eigenvalue weighted by atomic mass is 9.96. The molecule has 1 rings (SSSR count). The lowest BCUT2D eigenvalue weighted by molar-refractivity contribution is -0.122. The maximum atomic E-state index is 11.5. The minimum Gasteiger partial charge on any atom is -0.404 e. The van der Waals surface area contributed by atoms with E-state index in [0.717, 1.165) is 12.7 Å². The van der Waals surface area contributed by atoms with Crippen LogP contribution in [0.15, 0.2) is 24.3 Å². The van der Waals surface area contributed by atoms with Crippen LogP contribution in [0.2, 0.25) is 0 Å². The summed E-state index contributed by atoms with van der Waals surface area (Å²) >= 11 is 0. The van der Waals surface area contributed by atoms with E-state index in [1.165, 1.54) is 0 Å². The van der Waals surface area contributed by atoms with Crippen LogP contribution in [0.5, 0.6) is 5.75 Å². The molecule has 2 atom stereocenters. The van der Waals surface area contributed by atoms with Gasteiger partial charge in [0.2, 0.25) is 0 Å². The van der Waals surface area contributed by atoms with Gasteiger partial charge in [-0.05, 0) is 24.1 Å². The van der Waals surface area contributed by atoms with Gasteiger partial charge in [-0.2, -0.15) is 0 Å². The molecular formula is C13H19O5P. The highest BCUT2D eigenvalue weighted by Crippen LogP contribution is 2.42. The molecule has 0 aliphatic heterocycles. The number of rotatable bonds is 7. The van der Waals surface area contributed by atoms with Gasteiger partial charge in [0.05, 0.1) is 0 Å². The highest BCUT2D eigenvalue weighted by molar-refractivity contribution is 7.47. The molecule has 5 nitrogen and oxygen atoms in total. The summed E-state index contributed by atoms with van der Waals surface area (Å²) in [7, 11) is -2.91. The van der Waals surface area contributed by atoms with Crippen molar-refractivity contribution >= 4 is 13.6 Å². The molecule has 0 amide bonds. The zero-order valence-electron chi connectivity index (χ0n) is 11.3. The van der Waals surface area contributed by atoms with Crippen molar-refractivity contribution in [1.82, 2.24) is 0 Å². The first-order valence-electron chi connectivity index (χ1n) is 6.07. The van der Waals surface area contributed by atoms with Gasteiger partial charge in [-0.15, -0.1) is 0 Å². The third kappa shape index (κ3) is 5.15. The second-order valence-electron chi connectivity index (χ2n) is 4.31. The molecule has 0 aliphatic rings. The summed E-state index contributed by atoms with van der Waals surface area (Å²) in [5.41, 5.74) is 0.979. The average molecular weight is 286 g/mol. The van der Waals surface area contributed by atoms with Crippen LogP contribution < -0.4 is 4.52 Å². The normalized spacial score (nSPS) is 15.6. The van der Waals surface area contributed by atoms with Crippen molar-refractivity contribution in [3.8, 4) is 5.75 Å². The zero-order chi connectivity index (χ0) is 14.5. The van der Waals surface area contributed by atoms with E-state index >= 15 is 0 Å². The summed E-state index contributed by atoms with van der Waals surface area (Å²) in [4.78, 5) is 20.7. The van der Waals surface area contributed by atoms with Crippen molar-refractivity contribution in [2.45, 2.75) is 26.7 Å². The monoisotopic (exact) mass is 286 g/mol. The van der Waals surface area contributed by atoms with Crippen molar-refractivity contribution in [1.29, 1.82) is 0 Å². The number of hydrogen-bond acceptors (Lipinski definition) is 4. The molecule has 0 spiro atoms. The van der Waals surface area contributed by atoms with Gasteiger partial charge in [0.25, 0.3) is 0 Å². The van der Waals surface area contributed by atoms with Gasteiger partial charge in [0.15, 0.2) is 0 Å². The Hall–Kier alpha value is -1.16.